The second-order valence-electron chi connectivity index (χ2n) is 15.2. The van der Waals surface area contributed by atoms with Crippen LogP contribution < -0.4 is 0 Å². The highest BCUT2D eigenvalue weighted by Gasteiger charge is 2.20. The van der Waals surface area contributed by atoms with E-state index in [1.54, 1.807) is 0 Å². The molecule has 0 rings (SSSR count). The van der Waals surface area contributed by atoms with E-state index in [4.69, 9.17) is 14.2 Å². The number of aliphatic hydroxyl groups excluding tert-OH is 1. The highest BCUT2D eigenvalue weighted by Crippen LogP contribution is 2.18. The molecule has 0 aromatic heterocycles. The molecular formula is C44H87NO6. The Labute approximate surface area is 317 Å². The van der Waals surface area contributed by atoms with Crippen LogP contribution in [0.3, 0.4) is 0 Å². The smallest absolute Gasteiger partial charge is 0.335 e. The van der Waals surface area contributed by atoms with Crippen LogP contribution in [0.5, 0.6) is 0 Å². The topological polar surface area (TPSA) is 85.3 Å². The molecule has 7 heteroatoms. The molecule has 304 valence electrons. The van der Waals surface area contributed by atoms with E-state index in [1.165, 1.54) is 109 Å². The molecule has 1 atom stereocenters. The van der Waals surface area contributed by atoms with Crippen molar-refractivity contribution in [1.29, 1.82) is 0 Å². The Morgan fingerprint density at radius 1 is 0.529 bits per heavy atom. The fourth-order valence-electron chi connectivity index (χ4n) is 6.70. The molecule has 0 aromatic carbocycles. The number of rotatable bonds is 41. The van der Waals surface area contributed by atoms with Gasteiger partial charge in [0.05, 0.1) is 13.2 Å². The second kappa shape index (κ2) is 40.0. The zero-order valence-corrected chi connectivity index (χ0v) is 34.5. The van der Waals surface area contributed by atoms with E-state index < -0.39 is 6.10 Å². The molecule has 7 nitrogen and oxygen atoms in total. The lowest BCUT2D eigenvalue weighted by Gasteiger charge is -2.22. The zero-order chi connectivity index (χ0) is 37.5. The average Bonchev–Trinajstić information content (AvgIpc) is 3.12. The molecule has 0 heterocycles. The molecule has 0 aliphatic carbocycles. The summed E-state index contributed by atoms with van der Waals surface area (Å²) in [5, 5.41) is 9.54. The number of hydrogen-bond acceptors (Lipinski definition) is 7. The number of hydrogen-bond donors (Lipinski definition) is 1. The van der Waals surface area contributed by atoms with Crippen LogP contribution in [0.4, 0.5) is 0 Å². The molecule has 0 aromatic rings. The van der Waals surface area contributed by atoms with Gasteiger partial charge in [0, 0.05) is 19.6 Å². The van der Waals surface area contributed by atoms with Gasteiger partial charge in [-0.05, 0) is 84.2 Å². The van der Waals surface area contributed by atoms with Crippen LogP contribution in [0.15, 0.2) is 0 Å². The van der Waals surface area contributed by atoms with Crippen molar-refractivity contribution >= 4 is 11.9 Å². The molecule has 0 saturated heterocycles. The van der Waals surface area contributed by atoms with Gasteiger partial charge in [0.1, 0.15) is 6.10 Å². The van der Waals surface area contributed by atoms with Gasteiger partial charge < -0.3 is 24.2 Å². The lowest BCUT2D eigenvalue weighted by atomic mass is 10.0. The van der Waals surface area contributed by atoms with Gasteiger partial charge in [0.25, 0.3) is 0 Å². The third-order valence-electron chi connectivity index (χ3n) is 10.1. The van der Waals surface area contributed by atoms with Gasteiger partial charge >= 0.3 is 11.9 Å². The van der Waals surface area contributed by atoms with Crippen molar-refractivity contribution in [1.82, 2.24) is 4.90 Å². The molecule has 51 heavy (non-hydrogen) atoms. The highest BCUT2D eigenvalue weighted by molar-refractivity contribution is 5.74. The van der Waals surface area contributed by atoms with Crippen molar-refractivity contribution in [3.63, 3.8) is 0 Å². The molecule has 0 amide bonds. The summed E-state index contributed by atoms with van der Waals surface area (Å²) in [6, 6.07) is 0. The monoisotopic (exact) mass is 726 g/mol. The SMILES string of the molecule is CCCCCCCCCCCOC(=O)CCCCCN(CCO)CCCCCOC(C)C(=O)OC(CCCCCCCC)CCCCCCCC. The molecule has 0 aliphatic heterocycles. The van der Waals surface area contributed by atoms with Crippen LogP contribution in [-0.4, -0.2) is 73.6 Å². The molecule has 0 spiro atoms. The minimum Gasteiger partial charge on any atom is -0.466 e. The number of aliphatic hydroxyl groups is 1. The summed E-state index contributed by atoms with van der Waals surface area (Å²) < 4.78 is 17.3. The largest absolute Gasteiger partial charge is 0.466 e. The van der Waals surface area contributed by atoms with E-state index >= 15 is 0 Å². The zero-order valence-electron chi connectivity index (χ0n) is 34.5. The number of ether oxygens (including phenoxy) is 3. The van der Waals surface area contributed by atoms with E-state index in [1.807, 2.05) is 6.92 Å². The standard InChI is InChI=1S/C44H87NO6/c1-5-8-11-14-17-18-19-22-30-40-50-43(47)34-27-23-28-35-45(37-38-46)36-29-24-31-39-49-41(4)44(48)51-42(32-25-20-15-12-9-6-2)33-26-21-16-13-10-7-3/h41-42,46H,5-40H2,1-4H3. The van der Waals surface area contributed by atoms with Crippen molar-refractivity contribution in [2.24, 2.45) is 0 Å². The first-order valence-corrected chi connectivity index (χ1v) is 22.3. The Balaban J connectivity index is 4.07. The average molecular weight is 726 g/mol. The number of carbonyl (C=O) groups is 2. The summed E-state index contributed by atoms with van der Waals surface area (Å²) in [4.78, 5) is 27.3. The molecule has 0 radical (unpaired) electrons. The molecular weight excluding hydrogens is 638 g/mol. The molecule has 0 aliphatic rings. The van der Waals surface area contributed by atoms with Gasteiger partial charge in [-0.3, -0.25) is 4.79 Å². The molecule has 1 unspecified atom stereocenters. The highest BCUT2D eigenvalue weighted by atomic mass is 16.6. The Morgan fingerprint density at radius 3 is 1.47 bits per heavy atom. The summed E-state index contributed by atoms with van der Waals surface area (Å²) in [6.45, 7) is 12.4. The predicted molar refractivity (Wildman–Crippen MR) is 215 cm³/mol. The third kappa shape index (κ3) is 35.6. The van der Waals surface area contributed by atoms with Crippen molar-refractivity contribution in [2.75, 3.05) is 39.5 Å². The first-order valence-electron chi connectivity index (χ1n) is 22.3. The molecule has 1 N–H and O–H groups in total. The van der Waals surface area contributed by atoms with Crippen LogP contribution in [0.2, 0.25) is 0 Å². The Hall–Kier alpha value is -1.18. The summed E-state index contributed by atoms with van der Waals surface area (Å²) in [7, 11) is 0. The summed E-state index contributed by atoms with van der Waals surface area (Å²) in [5.74, 6) is -0.272. The summed E-state index contributed by atoms with van der Waals surface area (Å²) >= 11 is 0. The van der Waals surface area contributed by atoms with Crippen molar-refractivity contribution in [3.05, 3.63) is 0 Å². The maximum Gasteiger partial charge on any atom is 0.335 e. The Kier molecular flexibility index (Phi) is 39.1. The fourth-order valence-corrected chi connectivity index (χ4v) is 6.70. The Bertz CT molecular complexity index is 718. The number of esters is 2. The first kappa shape index (κ1) is 49.8. The van der Waals surface area contributed by atoms with Crippen LogP contribution in [0.25, 0.3) is 0 Å². The lowest BCUT2D eigenvalue weighted by Crippen LogP contribution is -2.29. The maximum absolute atomic E-state index is 12.9. The van der Waals surface area contributed by atoms with Crippen LogP contribution in [0, 0.1) is 0 Å². The van der Waals surface area contributed by atoms with E-state index in [2.05, 4.69) is 25.7 Å². The lowest BCUT2D eigenvalue weighted by molar-refractivity contribution is -0.162. The second-order valence-corrected chi connectivity index (χ2v) is 15.2. The molecule has 0 saturated carbocycles. The van der Waals surface area contributed by atoms with E-state index in [-0.39, 0.29) is 24.6 Å². The van der Waals surface area contributed by atoms with E-state index in [0.717, 1.165) is 90.1 Å². The van der Waals surface area contributed by atoms with Crippen LogP contribution in [0.1, 0.15) is 220 Å². The van der Waals surface area contributed by atoms with Gasteiger partial charge in [-0.2, -0.15) is 0 Å². The van der Waals surface area contributed by atoms with E-state index in [9.17, 15) is 14.7 Å². The number of carbonyl (C=O) groups excluding carboxylic acids is 2. The fraction of sp³-hybridized carbons (Fsp3) is 0.955. The molecule has 0 bridgehead atoms. The van der Waals surface area contributed by atoms with Gasteiger partial charge in [-0.25, -0.2) is 4.79 Å². The van der Waals surface area contributed by atoms with Crippen molar-refractivity contribution < 1.29 is 28.9 Å². The summed E-state index contributed by atoms with van der Waals surface area (Å²) in [5.41, 5.74) is 0. The van der Waals surface area contributed by atoms with Gasteiger partial charge in [0.2, 0.25) is 0 Å². The van der Waals surface area contributed by atoms with Gasteiger partial charge in [-0.1, -0.05) is 143 Å². The van der Waals surface area contributed by atoms with E-state index in [0.29, 0.717) is 26.2 Å². The third-order valence-corrected chi connectivity index (χ3v) is 10.1. The van der Waals surface area contributed by atoms with Crippen LogP contribution >= 0.6 is 0 Å². The Morgan fingerprint density at radius 2 is 0.961 bits per heavy atom. The maximum atomic E-state index is 12.9. The van der Waals surface area contributed by atoms with Gasteiger partial charge in [-0.15, -0.1) is 0 Å². The first-order chi connectivity index (χ1) is 25.0. The van der Waals surface area contributed by atoms with Crippen molar-refractivity contribution in [3.8, 4) is 0 Å². The number of unbranched alkanes of at least 4 members (excludes halogenated alkanes) is 22. The quantitative estimate of drug-likeness (QED) is 0.0496. The van der Waals surface area contributed by atoms with Gasteiger partial charge in [0.15, 0.2) is 6.10 Å². The number of nitrogens with zero attached hydrogens (tertiary/aromatic N) is 1. The minimum absolute atomic E-state index is 0.0154. The minimum atomic E-state index is -0.528. The molecule has 0 fully saturated rings. The van der Waals surface area contributed by atoms with Crippen LogP contribution in [-0.2, 0) is 23.8 Å². The predicted octanol–water partition coefficient (Wildman–Crippen LogP) is 11.9. The summed E-state index contributed by atoms with van der Waals surface area (Å²) in [6.07, 6.45) is 34.2. The van der Waals surface area contributed by atoms with Crippen molar-refractivity contribution in [2.45, 2.75) is 233 Å². The normalized spacial score (nSPS) is 12.2.